The topological polar surface area (TPSA) is 52.3 Å². The first-order chi connectivity index (χ1) is 5.13. The van der Waals surface area contributed by atoms with Crippen molar-refractivity contribution in [2.24, 2.45) is 11.7 Å². The Balaban J connectivity index is 4.02. The van der Waals surface area contributed by atoms with Gasteiger partial charge in [0.1, 0.15) is 0 Å². The molecule has 1 atom stereocenters. The fraction of sp³-hybridized carbons (Fsp3) is 0.625. The summed E-state index contributed by atoms with van der Waals surface area (Å²) in [6, 6.07) is 0. The molecule has 0 fully saturated rings. The minimum Gasteiger partial charge on any atom is -0.384 e. The molecule has 0 unspecified atom stereocenters. The van der Waals surface area contributed by atoms with Crippen LogP contribution in [0.25, 0.3) is 0 Å². The number of hydrogen-bond acceptors (Lipinski definition) is 2. The summed E-state index contributed by atoms with van der Waals surface area (Å²) >= 11 is 0. The van der Waals surface area contributed by atoms with Crippen LogP contribution in [0, 0.1) is 5.92 Å². The van der Waals surface area contributed by atoms with Crippen LogP contribution in [-0.2, 0) is 9.53 Å². The summed E-state index contributed by atoms with van der Waals surface area (Å²) in [4.78, 5) is 10.6. The van der Waals surface area contributed by atoms with Crippen LogP contribution in [0.3, 0.4) is 0 Å². The van der Waals surface area contributed by atoms with Crippen molar-refractivity contribution in [1.29, 1.82) is 0 Å². The summed E-state index contributed by atoms with van der Waals surface area (Å²) in [5, 5.41) is 0. The lowest BCUT2D eigenvalue weighted by molar-refractivity contribution is -0.115. The van der Waals surface area contributed by atoms with Gasteiger partial charge in [0.2, 0.25) is 5.91 Å². The van der Waals surface area contributed by atoms with E-state index in [1.807, 2.05) is 6.92 Å². The molecule has 0 heterocycles. The highest BCUT2D eigenvalue weighted by Gasteiger charge is 2.13. The maximum absolute atomic E-state index is 10.6. The van der Waals surface area contributed by atoms with E-state index in [4.69, 9.17) is 10.5 Å². The van der Waals surface area contributed by atoms with Crippen molar-refractivity contribution in [2.75, 3.05) is 13.7 Å². The highest BCUT2D eigenvalue weighted by Crippen LogP contribution is 2.12. The third kappa shape index (κ3) is 3.18. The number of hydrogen-bond donors (Lipinski definition) is 1. The van der Waals surface area contributed by atoms with Gasteiger partial charge in [-0.15, -0.1) is 0 Å². The average molecular weight is 157 g/mol. The van der Waals surface area contributed by atoms with Crippen molar-refractivity contribution in [3.8, 4) is 0 Å². The Hall–Kier alpha value is -0.830. The van der Waals surface area contributed by atoms with Crippen LogP contribution in [0.15, 0.2) is 12.2 Å². The van der Waals surface area contributed by atoms with E-state index in [0.717, 1.165) is 6.42 Å². The van der Waals surface area contributed by atoms with Gasteiger partial charge in [-0.3, -0.25) is 4.79 Å². The van der Waals surface area contributed by atoms with Crippen molar-refractivity contribution in [2.45, 2.75) is 13.3 Å². The highest BCUT2D eigenvalue weighted by atomic mass is 16.5. The molecule has 0 bridgehead atoms. The lowest BCUT2D eigenvalue weighted by atomic mass is 9.98. The molecule has 2 N–H and O–H groups in total. The lowest BCUT2D eigenvalue weighted by Gasteiger charge is -2.13. The van der Waals surface area contributed by atoms with E-state index in [0.29, 0.717) is 12.2 Å². The number of methoxy groups -OCH3 is 1. The Bertz CT molecular complexity index is 154. The SMILES string of the molecule is C=C(C(N)=O)[C@@H](CC)COC. The van der Waals surface area contributed by atoms with Gasteiger partial charge in [-0.2, -0.15) is 0 Å². The molecule has 11 heavy (non-hydrogen) atoms. The van der Waals surface area contributed by atoms with Crippen LogP contribution in [0.2, 0.25) is 0 Å². The van der Waals surface area contributed by atoms with Crippen LogP contribution in [-0.4, -0.2) is 19.6 Å². The van der Waals surface area contributed by atoms with Gasteiger partial charge in [-0.25, -0.2) is 0 Å². The molecule has 0 aromatic rings. The summed E-state index contributed by atoms with van der Waals surface area (Å²) in [6.45, 7) is 6.07. The predicted octanol–water partition coefficient (Wildman–Crippen LogP) is 0.700. The van der Waals surface area contributed by atoms with Crippen LogP contribution in [0.5, 0.6) is 0 Å². The Morgan fingerprint density at radius 1 is 1.73 bits per heavy atom. The molecule has 1 amide bonds. The van der Waals surface area contributed by atoms with Crippen LogP contribution in [0.4, 0.5) is 0 Å². The Labute approximate surface area is 67.2 Å². The molecule has 3 heteroatoms. The van der Waals surface area contributed by atoms with Gasteiger partial charge in [-0.05, 0) is 6.42 Å². The second kappa shape index (κ2) is 4.91. The minimum absolute atomic E-state index is 0.0671. The summed E-state index contributed by atoms with van der Waals surface area (Å²) in [5.41, 5.74) is 5.50. The average Bonchev–Trinajstić information content (AvgIpc) is 1.98. The second-order valence-electron chi connectivity index (χ2n) is 2.45. The standard InChI is InChI=1S/C8H15NO2/c1-4-7(5-11-3)6(2)8(9)10/h7H,2,4-5H2,1,3H3,(H2,9,10)/t7-/m0/s1. The number of amides is 1. The molecule has 0 saturated carbocycles. The zero-order valence-electron chi connectivity index (χ0n) is 7.09. The third-order valence-electron chi connectivity index (χ3n) is 1.67. The highest BCUT2D eigenvalue weighted by molar-refractivity contribution is 5.91. The largest absolute Gasteiger partial charge is 0.384 e. The van der Waals surface area contributed by atoms with Crippen LogP contribution >= 0.6 is 0 Å². The van der Waals surface area contributed by atoms with Gasteiger partial charge in [0.15, 0.2) is 0 Å². The molecule has 0 aliphatic carbocycles. The zero-order chi connectivity index (χ0) is 8.85. The van der Waals surface area contributed by atoms with E-state index >= 15 is 0 Å². The summed E-state index contributed by atoms with van der Waals surface area (Å²) in [7, 11) is 1.59. The molecule has 0 aromatic carbocycles. The fourth-order valence-electron chi connectivity index (χ4n) is 0.867. The second-order valence-corrected chi connectivity index (χ2v) is 2.45. The summed E-state index contributed by atoms with van der Waals surface area (Å²) in [5.74, 6) is -0.369. The first kappa shape index (κ1) is 10.2. The van der Waals surface area contributed by atoms with Gasteiger partial charge in [0.25, 0.3) is 0 Å². The smallest absolute Gasteiger partial charge is 0.244 e. The van der Waals surface area contributed by atoms with Crippen molar-refractivity contribution in [3.63, 3.8) is 0 Å². The van der Waals surface area contributed by atoms with Crippen molar-refractivity contribution in [1.82, 2.24) is 0 Å². The van der Waals surface area contributed by atoms with Crippen LogP contribution < -0.4 is 5.73 Å². The monoisotopic (exact) mass is 157 g/mol. The number of primary amides is 1. The van der Waals surface area contributed by atoms with Gasteiger partial charge < -0.3 is 10.5 Å². The number of carbonyl (C=O) groups is 1. The van der Waals surface area contributed by atoms with Crippen molar-refractivity contribution in [3.05, 3.63) is 12.2 Å². The van der Waals surface area contributed by atoms with E-state index < -0.39 is 5.91 Å². The van der Waals surface area contributed by atoms with E-state index in [-0.39, 0.29) is 5.92 Å². The van der Waals surface area contributed by atoms with Gasteiger partial charge in [0.05, 0.1) is 6.61 Å². The van der Waals surface area contributed by atoms with E-state index in [2.05, 4.69) is 6.58 Å². The third-order valence-corrected chi connectivity index (χ3v) is 1.67. The molecule has 0 aromatic heterocycles. The molecule has 0 aliphatic rings. The first-order valence-corrected chi connectivity index (χ1v) is 3.61. The van der Waals surface area contributed by atoms with Crippen LogP contribution in [0.1, 0.15) is 13.3 Å². The summed E-state index contributed by atoms with van der Waals surface area (Å²) in [6.07, 6.45) is 0.829. The van der Waals surface area contributed by atoms with Gasteiger partial charge in [-0.1, -0.05) is 13.5 Å². The fourth-order valence-corrected chi connectivity index (χ4v) is 0.867. The normalized spacial score (nSPS) is 12.5. The predicted molar refractivity (Wildman–Crippen MR) is 44.0 cm³/mol. The van der Waals surface area contributed by atoms with E-state index in [1.54, 1.807) is 7.11 Å². The lowest BCUT2D eigenvalue weighted by Crippen LogP contribution is -2.22. The molecular formula is C8H15NO2. The van der Waals surface area contributed by atoms with E-state index in [9.17, 15) is 4.79 Å². The first-order valence-electron chi connectivity index (χ1n) is 3.61. The zero-order valence-corrected chi connectivity index (χ0v) is 7.09. The molecule has 0 spiro atoms. The molecule has 0 radical (unpaired) electrons. The molecule has 0 aliphatic heterocycles. The maximum Gasteiger partial charge on any atom is 0.244 e. The number of carbonyl (C=O) groups excluding carboxylic acids is 1. The molecule has 64 valence electrons. The molecule has 0 saturated heterocycles. The Morgan fingerprint density at radius 2 is 2.27 bits per heavy atom. The van der Waals surface area contributed by atoms with Crippen molar-refractivity contribution >= 4 is 5.91 Å². The molecule has 3 nitrogen and oxygen atoms in total. The van der Waals surface area contributed by atoms with E-state index in [1.165, 1.54) is 0 Å². The molecule has 0 rings (SSSR count). The van der Waals surface area contributed by atoms with Gasteiger partial charge >= 0.3 is 0 Å². The van der Waals surface area contributed by atoms with Gasteiger partial charge in [0, 0.05) is 18.6 Å². The number of ether oxygens (including phenoxy) is 1. The minimum atomic E-state index is -0.436. The number of nitrogens with two attached hydrogens (primary N) is 1. The Morgan fingerprint density at radius 3 is 2.55 bits per heavy atom. The summed E-state index contributed by atoms with van der Waals surface area (Å²) < 4.78 is 4.90. The maximum atomic E-state index is 10.6. The number of rotatable bonds is 5. The van der Waals surface area contributed by atoms with Crippen molar-refractivity contribution < 1.29 is 9.53 Å². The Kier molecular flexibility index (Phi) is 4.54. The molecular weight excluding hydrogens is 142 g/mol. The quantitative estimate of drug-likeness (QED) is 0.597.